The first-order valence-electron chi connectivity index (χ1n) is 11.9. The average molecular weight is 467 g/mol. The Hall–Kier alpha value is -4.27. The number of fused-ring (bicyclic) bond motifs is 2. The van der Waals surface area contributed by atoms with E-state index >= 15 is 0 Å². The number of imidazole rings is 1. The summed E-state index contributed by atoms with van der Waals surface area (Å²) < 4.78 is 1.68. The van der Waals surface area contributed by atoms with Crippen molar-refractivity contribution in [2.75, 3.05) is 18.0 Å². The molecule has 0 saturated carbocycles. The minimum absolute atomic E-state index is 0.0486. The van der Waals surface area contributed by atoms with E-state index in [9.17, 15) is 4.79 Å². The molecule has 35 heavy (non-hydrogen) atoms. The van der Waals surface area contributed by atoms with E-state index in [2.05, 4.69) is 42.6 Å². The van der Waals surface area contributed by atoms with Crippen LogP contribution in [-0.2, 0) is 11.2 Å². The summed E-state index contributed by atoms with van der Waals surface area (Å²) in [6.45, 7) is 1.54. The smallest absolute Gasteiger partial charge is 0.223 e. The zero-order valence-corrected chi connectivity index (χ0v) is 19.2. The Kier molecular flexibility index (Phi) is 5.57. The summed E-state index contributed by atoms with van der Waals surface area (Å²) in [6, 6.07) is 21.8. The van der Waals surface area contributed by atoms with Gasteiger partial charge in [0.25, 0.3) is 0 Å². The molecule has 0 unspecified atom stereocenters. The highest BCUT2D eigenvalue weighted by Crippen LogP contribution is 2.25. The molecular formula is C26H26N8O. The molecule has 9 heteroatoms. The van der Waals surface area contributed by atoms with Gasteiger partial charge < -0.3 is 15.2 Å². The third-order valence-electron chi connectivity index (χ3n) is 6.67. The molecule has 1 atom stereocenters. The van der Waals surface area contributed by atoms with Crippen molar-refractivity contribution in [2.45, 2.75) is 25.3 Å². The molecule has 176 valence electrons. The maximum atomic E-state index is 13.4. The molecule has 5 aromatic rings. The van der Waals surface area contributed by atoms with E-state index in [0.717, 1.165) is 59.8 Å². The van der Waals surface area contributed by atoms with E-state index in [1.807, 2.05) is 54.6 Å². The van der Waals surface area contributed by atoms with Crippen molar-refractivity contribution < 1.29 is 4.79 Å². The summed E-state index contributed by atoms with van der Waals surface area (Å²) >= 11 is 0. The lowest BCUT2D eigenvalue weighted by Gasteiger charge is -2.32. The minimum atomic E-state index is -0.229. The molecule has 0 spiro atoms. The van der Waals surface area contributed by atoms with Gasteiger partial charge in [-0.3, -0.25) is 4.79 Å². The monoisotopic (exact) mass is 466 g/mol. The SMILES string of the molecule is O=C(N[C@@H](Cc1ccccc1)c1nc2ccccc2[nH]1)C1CCN(c2ccc3nncn3n2)CC1. The van der Waals surface area contributed by atoms with Crippen molar-refractivity contribution >= 4 is 28.4 Å². The first-order chi connectivity index (χ1) is 17.2. The number of H-pyrrole nitrogens is 1. The largest absolute Gasteiger partial charge is 0.355 e. The summed E-state index contributed by atoms with van der Waals surface area (Å²) in [5, 5.41) is 15.8. The number of benzene rings is 2. The van der Waals surface area contributed by atoms with Crippen LogP contribution in [0.3, 0.4) is 0 Å². The van der Waals surface area contributed by atoms with E-state index in [4.69, 9.17) is 4.98 Å². The van der Waals surface area contributed by atoms with Crippen LogP contribution in [0, 0.1) is 5.92 Å². The Morgan fingerprint density at radius 1 is 1.03 bits per heavy atom. The highest BCUT2D eigenvalue weighted by atomic mass is 16.2. The second kappa shape index (κ2) is 9.17. The van der Waals surface area contributed by atoms with Crippen LogP contribution in [0.1, 0.15) is 30.3 Å². The van der Waals surface area contributed by atoms with Crippen LogP contribution in [0.25, 0.3) is 16.7 Å². The van der Waals surface area contributed by atoms with Gasteiger partial charge in [-0.1, -0.05) is 42.5 Å². The van der Waals surface area contributed by atoms with Crippen molar-refractivity contribution in [3.63, 3.8) is 0 Å². The fraction of sp³-hybridized carbons (Fsp3) is 0.269. The third-order valence-corrected chi connectivity index (χ3v) is 6.67. The van der Waals surface area contributed by atoms with Crippen molar-refractivity contribution in [1.29, 1.82) is 0 Å². The molecule has 1 fully saturated rings. The van der Waals surface area contributed by atoms with Gasteiger partial charge in [-0.25, -0.2) is 4.98 Å². The maximum Gasteiger partial charge on any atom is 0.223 e. The Morgan fingerprint density at radius 3 is 2.66 bits per heavy atom. The van der Waals surface area contributed by atoms with Crippen LogP contribution < -0.4 is 10.2 Å². The van der Waals surface area contributed by atoms with Crippen LogP contribution in [-0.4, -0.2) is 48.8 Å². The molecule has 0 radical (unpaired) electrons. The van der Waals surface area contributed by atoms with Gasteiger partial charge in [-0.05, 0) is 49.1 Å². The summed E-state index contributed by atoms with van der Waals surface area (Å²) in [6.07, 6.45) is 3.82. The van der Waals surface area contributed by atoms with Gasteiger partial charge in [0.1, 0.15) is 18.0 Å². The number of hydrogen-bond acceptors (Lipinski definition) is 6. The highest BCUT2D eigenvalue weighted by molar-refractivity contribution is 5.80. The first-order valence-corrected chi connectivity index (χ1v) is 11.9. The summed E-state index contributed by atoms with van der Waals surface area (Å²) in [4.78, 5) is 23.8. The number of nitrogens with zero attached hydrogens (tertiary/aromatic N) is 6. The summed E-state index contributed by atoms with van der Waals surface area (Å²) in [7, 11) is 0. The van der Waals surface area contributed by atoms with Crippen LogP contribution in [0.4, 0.5) is 5.82 Å². The van der Waals surface area contributed by atoms with E-state index < -0.39 is 0 Å². The van der Waals surface area contributed by atoms with E-state index in [1.54, 1.807) is 10.8 Å². The van der Waals surface area contributed by atoms with Crippen LogP contribution >= 0.6 is 0 Å². The predicted octanol–water partition coefficient (Wildman–Crippen LogP) is 3.32. The number of anilines is 1. The molecule has 1 amide bonds. The molecular weight excluding hydrogens is 440 g/mol. The van der Waals surface area contributed by atoms with Crippen molar-refractivity contribution in [3.8, 4) is 0 Å². The number of para-hydroxylation sites is 2. The molecule has 4 heterocycles. The fourth-order valence-corrected chi connectivity index (χ4v) is 4.75. The summed E-state index contributed by atoms with van der Waals surface area (Å²) in [5.41, 5.74) is 3.75. The van der Waals surface area contributed by atoms with Gasteiger partial charge >= 0.3 is 0 Å². The van der Waals surface area contributed by atoms with Gasteiger partial charge in [0.15, 0.2) is 5.65 Å². The molecule has 0 aliphatic carbocycles. The topological polar surface area (TPSA) is 104 Å². The molecule has 1 aliphatic heterocycles. The van der Waals surface area contributed by atoms with Gasteiger partial charge in [0, 0.05) is 19.0 Å². The second-order valence-electron chi connectivity index (χ2n) is 8.98. The third kappa shape index (κ3) is 4.44. The lowest BCUT2D eigenvalue weighted by molar-refractivity contribution is -0.126. The highest BCUT2D eigenvalue weighted by Gasteiger charge is 2.28. The number of nitrogens with one attached hydrogen (secondary N) is 2. The molecule has 3 aromatic heterocycles. The number of rotatable bonds is 6. The van der Waals surface area contributed by atoms with Gasteiger partial charge in [0.05, 0.1) is 17.1 Å². The normalized spacial score (nSPS) is 15.5. The van der Waals surface area contributed by atoms with Crippen LogP contribution in [0.2, 0.25) is 0 Å². The van der Waals surface area contributed by atoms with Crippen molar-refractivity contribution in [2.24, 2.45) is 5.92 Å². The average Bonchev–Trinajstić information content (AvgIpc) is 3.55. The molecule has 6 rings (SSSR count). The number of aromatic amines is 1. The molecule has 1 aliphatic rings. The molecule has 9 nitrogen and oxygen atoms in total. The Bertz CT molecular complexity index is 1420. The maximum absolute atomic E-state index is 13.4. The van der Waals surface area contributed by atoms with Crippen molar-refractivity contribution in [1.82, 2.24) is 35.1 Å². The molecule has 1 saturated heterocycles. The predicted molar refractivity (Wildman–Crippen MR) is 133 cm³/mol. The van der Waals surface area contributed by atoms with Gasteiger partial charge in [-0.2, -0.15) is 4.52 Å². The Morgan fingerprint density at radius 2 is 1.83 bits per heavy atom. The van der Waals surface area contributed by atoms with Crippen molar-refractivity contribution in [3.05, 3.63) is 84.4 Å². The number of carbonyl (C=O) groups excluding carboxylic acids is 1. The number of carbonyl (C=O) groups is 1. The zero-order chi connectivity index (χ0) is 23.6. The molecule has 0 bridgehead atoms. The standard InChI is InChI=1S/C26H26N8O/c35-26(19-12-14-33(15-13-19)24-11-10-23-31-27-17-34(23)32-24)30-22(16-18-6-2-1-3-7-18)25-28-20-8-4-5-9-21(20)29-25/h1-11,17,19,22H,12-16H2,(H,28,29)(H,30,35)/t22-/m0/s1. The van der Waals surface area contributed by atoms with E-state index in [1.165, 1.54) is 0 Å². The zero-order valence-electron chi connectivity index (χ0n) is 19.2. The fourth-order valence-electron chi connectivity index (χ4n) is 4.75. The van der Waals surface area contributed by atoms with Gasteiger partial charge in [-0.15, -0.1) is 15.3 Å². The first kappa shape index (κ1) is 21.3. The Balaban J connectivity index is 1.16. The van der Waals surface area contributed by atoms with E-state index in [0.29, 0.717) is 6.42 Å². The number of aromatic nitrogens is 6. The minimum Gasteiger partial charge on any atom is -0.355 e. The van der Waals surface area contributed by atoms with Crippen LogP contribution in [0.15, 0.2) is 73.1 Å². The van der Waals surface area contributed by atoms with Gasteiger partial charge in [0.2, 0.25) is 5.91 Å². The lowest BCUT2D eigenvalue weighted by Crippen LogP contribution is -2.42. The molecule has 2 aromatic carbocycles. The Labute approximate surface area is 202 Å². The number of amides is 1. The molecule has 2 N–H and O–H groups in total. The quantitative estimate of drug-likeness (QED) is 0.398. The number of piperidine rings is 1. The van der Waals surface area contributed by atoms with Crippen LogP contribution in [0.5, 0.6) is 0 Å². The number of hydrogen-bond donors (Lipinski definition) is 2. The van der Waals surface area contributed by atoms with E-state index in [-0.39, 0.29) is 17.9 Å². The second-order valence-corrected chi connectivity index (χ2v) is 8.98. The summed E-state index contributed by atoms with van der Waals surface area (Å²) in [5.74, 6) is 1.69. The lowest BCUT2D eigenvalue weighted by atomic mass is 9.95.